The van der Waals surface area contributed by atoms with E-state index in [2.05, 4.69) is 0 Å². The van der Waals surface area contributed by atoms with Crippen LogP contribution in [0.15, 0.2) is 47.4 Å². The number of carbonyl (C=O) groups excluding carboxylic acids is 1. The fraction of sp³-hybridized carbons (Fsp3) is 0.235. The average molecular weight is 360 g/mol. The summed E-state index contributed by atoms with van der Waals surface area (Å²) in [7, 11) is -3.98. The Morgan fingerprint density at radius 1 is 1.08 bits per heavy atom. The van der Waals surface area contributed by atoms with Crippen molar-refractivity contribution in [2.75, 3.05) is 17.5 Å². The van der Waals surface area contributed by atoms with Crippen LogP contribution < -0.4 is 19.5 Å². The second-order valence-electron chi connectivity index (χ2n) is 5.86. The van der Waals surface area contributed by atoms with Crippen molar-refractivity contribution in [3.63, 3.8) is 0 Å². The van der Waals surface area contributed by atoms with E-state index in [4.69, 9.17) is 15.2 Å². The summed E-state index contributed by atoms with van der Waals surface area (Å²) in [6, 6.07) is 10.5. The summed E-state index contributed by atoms with van der Waals surface area (Å²) in [6.45, 7) is 0.773. The lowest BCUT2D eigenvalue weighted by Gasteiger charge is -2.26. The van der Waals surface area contributed by atoms with Crippen LogP contribution in [0.2, 0.25) is 0 Å². The zero-order valence-electron chi connectivity index (χ0n) is 13.2. The Morgan fingerprint density at radius 3 is 2.56 bits per heavy atom. The number of nitrogens with two attached hydrogens (primary N) is 1. The molecule has 7 nitrogen and oxygen atoms in total. The van der Waals surface area contributed by atoms with Gasteiger partial charge in [-0.1, -0.05) is 18.2 Å². The van der Waals surface area contributed by atoms with E-state index in [9.17, 15) is 13.2 Å². The number of primary amides is 1. The highest BCUT2D eigenvalue weighted by Gasteiger charge is 2.41. The summed E-state index contributed by atoms with van der Waals surface area (Å²) in [6.07, 6.45) is 0.259. The van der Waals surface area contributed by atoms with Gasteiger partial charge in [0.25, 0.3) is 10.0 Å². The summed E-state index contributed by atoms with van der Waals surface area (Å²) in [5.41, 5.74) is 6.71. The number of para-hydroxylation sites is 1. The molecule has 1 atom stereocenters. The number of fused-ring (bicyclic) bond motifs is 2. The smallest absolute Gasteiger partial charge is 0.265 e. The first-order valence-corrected chi connectivity index (χ1v) is 9.24. The first-order chi connectivity index (χ1) is 12.0. The van der Waals surface area contributed by atoms with Crippen LogP contribution in [0.4, 0.5) is 5.69 Å². The van der Waals surface area contributed by atoms with Gasteiger partial charge in [0.15, 0.2) is 11.5 Å². The SMILES string of the molecule is NC(=O)[C@@H]1Cc2ccccc2N1S(=O)(=O)c1ccc2c(c1)OCCO2. The predicted octanol–water partition coefficient (Wildman–Crippen LogP) is 1.06. The molecule has 0 bridgehead atoms. The maximum absolute atomic E-state index is 13.2. The number of benzene rings is 2. The zero-order valence-corrected chi connectivity index (χ0v) is 14.0. The van der Waals surface area contributed by atoms with Crippen LogP contribution in [0.25, 0.3) is 0 Å². The molecule has 0 spiro atoms. The summed E-state index contributed by atoms with van der Waals surface area (Å²) >= 11 is 0. The highest BCUT2D eigenvalue weighted by atomic mass is 32.2. The number of carbonyl (C=O) groups is 1. The van der Waals surface area contributed by atoms with Crippen LogP contribution in [-0.4, -0.2) is 33.6 Å². The van der Waals surface area contributed by atoms with Gasteiger partial charge in [-0.2, -0.15) is 0 Å². The van der Waals surface area contributed by atoms with Crippen LogP contribution >= 0.6 is 0 Å². The van der Waals surface area contributed by atoms with E-state index < -0.39 is 22.0 Å². The van der Waals surface area contributed by atoms with E-state index in [0.29, 0.717) is 30.4 Å². The third kappa shape index (κ3) is 2.49. The van der Waals surface area contributed by atoms with Crippen molar-refractivity contribution in [2.45, 2.75) is 17.4 Å². The van der Waals surface area contributed by atoms with E-state index in [1.807, 2.05) is 0 Å². The number of rotatable bonds is 3. The van der Waals surface area contributed by atoms with Gasteiger partial charge in [-0.3, -0.25) is 9.10 Å². The summed E-state index contributed by atoms with van der Waals surface area (Å²) in [5, 5.41) is 0. The molecule has 2 N–H and O–H groups in total. The highest BCUT2D eigenvalue weighted by Crippen LogP contribution is 2.39. The monoisotopic (exact) mass is 360 g/mol. The molecule has 0 saturated heterocycles. The van der Waals surface area contributed by atoms with Crippen molar-refractivity contribution >= 4 is 21.6 Å². The fourth-order valence-corrected chi connectivity index (χ4v) is 4.84. The lowest BCUT2D eigenvalue weighted by atomic mass is 10.1. The molecule has 0 radical (unpaired) electrons. The largest absolute Gasteiger partial charge is 0.486 e. The van der Waals surface area contributed by atoms with Gasteiger partial charge in [-0.15, -0.1) is 0 Å². The molecule has 2 heterocycles. The van der Waals surface area contributed by atoms with Gasteiger partial charge >= 0.3 is 0 Å². The summed E-state index contributed by atoms with van der Waals surface area (Å²) in [4.78, 5) is 11.9. The molecule has 25 heavy (non-hydrogen) atoms. The number of amides is 1. The molecule has 0 saturated carbocycles. The molecule has 4 rings (SSSR count). The maximum atomic E-state index is 13.2. The Balaban J connectivity index is 1.82. The average Bonchev–Trinajstić information content (AvgIpc) is 3.02. The van der Waals surface area contributed by atoms with Crippen LogP contribution in [-0.2, 0) is 21.2 Å². The van der Waals surface area contributed by atoms with Crippen LogP contribution in [0.1, 0.15) is 5.56 Å². The van der Waals surface area contributed by atoms with Crippen LogP contribution in [0.5, 0.6) is 11.5 Å². The highest BCUT2D eigenvalue weighted by molar-refractivity contribution is 7.93. The van der Waals surface area contributed by atoms with E-state index in [0.717, 1.165) is 9.87 Å². The van der Waals surface area contributed by atoms with Crippen molar-refractivity contribution < 1.29 is 22.7 Å². The molecule has 0 aromatic heterocycles. The Kier molecular flexibility index (Phi) is 3.57. The normalized spacial score (nSPS) is 18.7. The summed E-state index contributed by atoms with van der Waals surface area (Å²) < 4.78 is 38.4. The fourth-order valence-electron chi connectivity index (χ4n) is 3.17. The number of hydrogen-bond donors (Lipinski definition) is 1. The second-order valence-corrected chi connectivity index (χ2v) is 7.67. The van der Waals surface area contributed by atoms with Crippen molar-refractivity contribution in [1.29, 1.82) is 0 Å². The molecule has 8 heteroatoms. The number of sulfonamides is 1. The Hall–Kier alpha value is -2.74. The van der Waals surface area contributed by atoms with Crippen molar-refractivity contribution in [3.8, 4) is 11.5 Å². The predicted molar refractivity (Wildman–Crippen MR) is 90.2 cm³/mol. The van der Waals surface area contributed by atoms with Crippen molar-refractivity contribution in [1.82, 2.24) is 0 Å². The van der Waals surface area contributed by atoms with Gasteiger partial charge < -0.3 is 15.2 Å². The minimum absolute atomic E-state index is 0.0275. The van der Waals surface area contributed by atoms with Crippen LogP contribution in [0, 0.1) is 0 Å². The van der Waals surface area contributed by atoms with Gasteiger partial charge in [0.05, 0.1) is 10.6 Å². The van der Waals surface area contributed by atoms with Gasteiger partial charge in [0.2, 0.25) is 5.91 Å². The number of nitrogens with zero attached hydrogens (tertiary/aromatic N) is 1. The lowest BCUT2D eigenvalue weighted by Crippen LogP contribution is -2.46. The lowest BCUT2D eigenvalue weighted by molar-refractivity contribution is -0.118. The maximum Gasteiger partial charge on any atom is 0.265 e. The first-order valence-electron chi connectivity index (χ1n) is 7.80. The molecule has 2 aliphatic heterocycles. The van der Waals surface area contributed by atoms with Gasteiger partial charge in [0, 0.05) is 12.5 Å². The van der Waals surface area contributed by atoms with Crippen molar-refractivity contribution in [2.24, 2.45) is 5.73 Å². The molecular formula is C17H16N2O5S. The van der Waals surface area contributed by atoms with Gasteiger partial charge in [0.1, 0.15) is 19.3 Å². The molecule has 0 fully saturated rings. The van der Waals surface area contributed by atoms with E-state index in [1.165, 1.54) is 12.1 Å². The van der Waals surface area contributed by atoms with E-state index in [1.54, 1.807) is 30.3 Å². The van der Waals surface area contributed by atoms with Crippen molar-refractivity contribution in [3.05, 3.63) is 48.0 Å². The minimum atomic E-state index is -3.98. The molecule has 2 aromatic carbocycles. The number of ether oxygens (including phenoxy) is 2. The third-order valence-electron chi connectivity index (χ3n) is 4.32. The molecule has 2 aliphatic rings. The molecule has 0 aliphatic carbocycles. The molecule has 1 amide bonds. The van der Waals surface area contributed by atoms with Crippen LogP contribution in [0.3, 0.4) is 0 Å². The Bertz CT molecular complexity index is 957. The molecular weight excluding hydrogens is 344 g/mol. The molecule has 130 valence electrons. The quantitative estimate of drug-likeness (QED) is 0.882. The Labute approximate surface area is 145 Å². The Morgan fingerprint density at radius 2 is 1.80 bits per heavy atom. The molecule has 0 unspecified atom stereocenters. The second kappa shape index (κ2) is 5.66. The van der Waals surface area contributed by atoms with E-state index >= 15 is 0 Å². The standard InChI is InChI=1S/C17H16N2O5S/c18-17(20)14-9-11-3-1-2-4-13(11)19(14)25(21,22)12-5-6-15-16(10-12)24-8-7-23-15/h1-6,10,14H,7-9H2,(H2,18,20)/t14-/m0/s1. The minimum Gasteiger partial charge on any atom is -0.486 e. The molecule has 2 aromatic rings. The van der Waals surface area contributed by atoms with Gasteiger partial charge in [-0.25, -0.2) is 8.42 Å². The summed E-state index contributed by atoms with van der Waals surface area (Å²) in [5.74, 6) is 0.186. The third-order valence-corrected chi connectivity index (χ3v) is 6.14. The zero-order chi connectivity index (χ0) is 17.6. The van der Waals surface area contributed by atoms with E-state index in [-0.39, 0.29) is 11.3 Å². The van der Waals surface area contributed by atoms with Gasteiger partial charge in [-0.05, 0) is 23.8 Å². The topological polar surface area (TPSA) is 98.9 Å². The number of hydrogen-bond acceptors (Lipinski definition) is 5. The first kappa shape index (κ1) is 15.8. The number of anilines is 1.